The van der Waals surface area contributed by atoms with Gasteiger partial charge in [-0.05, 0) is 48.1 Å². The highest BCUT2D eigenvalue weighted by molar-refractivity contribution is 7.80. The lowest BCUT2D eigenvalue weighted by atomic mass is 10.0. The van der Waals surface area contributed by atoms with E-state index in [0.717, 1.165) is 13.0 Å². The van der Waals surface area contributed by atoms with Crippen LogP contribution in [0.3, 0.4) is 0 Å². The summed E-state index contributed by atoms with van der Waals surface area (Å²) in [6, 6.07) is 13.1. The molecule has 0 aliphatic rings. The Balaban J connectivity index is 2.23. The Morgan fingerprint density at radius 2 is 1.95 bits per heavy atom. The maximum absolute atomic E-state index is 5.33. The first-order chi connectivity index (χ1) is 9.74. The van der Waals surface area contributed by atoms with E-state index in [1.165, 1.54) is 16.0 Å². The number of nitrogens with one attached hydrogen (secondary N) is 2. The Bertz CT molecular complexity index is 532. The Morgan fingerprint density at radius 1 is 1.20 bits per heavy atom. The summed E-state index contributed by atoms with van der Waals surface area (Å²) in [5, 5.41) is 9.36. The lowest BCUT2D eigenvalue weighted by Crippen LogP contribution is -2.37. The van der Waals surface area contributed by atoms with E-state index < -0.39 is 0 Å². The summed E-state index contributed by atoms with van der Waals surface area (Å²) in [4.78, 5) is 1.27. The molecule has 0 saturated heterocycles. The van der Waals surface area contributed by atoms with Crippen molar-refractivity contribution in [3.63, 3.8) is 0 Å². The molecule has 0 fully saturated rings. The molecule has 2 nitrogen and oxygen atoms in total. The first-order valence-corrected chi connectivity index (χ1v) is 8.20. The Hall–Kier alpha value is -1.39. The molecule has 4 heteroatoms. The van der Waals surface area contributed by atoms with Crippen molar-refractivity contribution < 1.29 is 0 Å². The molecule has 106 valence electrons. The molecule has 20 heavy (non-hydrogen) atoms. The van der Waals surface area contributed by atoms with Gasteiger partial charge in [-0.2, -0.15) is 0 Å². The predicted molar refractivity (Wildman–Crippen MR) is 91.4 cm³/mol. The molecule has 0 saturated carbocycles. The van der Waals surface area contributed by atoms with Crippen LogP contribution in [0.1, 0.15) is 35.9 Å². The van der Waals surface area contributed by atoms with Crippen molar-refractivity contribution >= 4 is 28.7 Å². The summed E-state index contributed by atoms with van der Waals surface area (Å²) in [5.74, 6) is 0. The van der Waals surface area contributed by atoms with Crippen LogP contribution in [0, 0.1) is 0 Å². The van der Waals surface area contributed by atoms with E-state index >= 15 is 0 Å². The summed E-state index contributed by atoms with van der Waals surface area (Å²) < 4.78 is 0. The van der Waals surface area contributed by atoms with Gasteiger partial charge in [0.2, 0.25) is 0 Å². The van der Waals surface area contributed by atoms with Crippen molar-refractivity contribution in [1.29, 1.82) is 0 Å². The fourth-order valence-electron chi connectivity index (χ4n) is 2.06. The summed E-state index contributed by atoms with van der Waals surface area (Å²) in [6.45, 7) is 5.05. The topological polar surface area (TPSA) is 24.1 Å². The molecule has 1 aromatic heterocycles. The lowest BCUT2D eigenvalue weighted by molar-refractivity contribution is 0.754. The van der Waals surface area contributed by atoms with Gasteiger partial charge < -0.3 is 10.6 Å². The zero-order chi connectivity index (χ0) is 14.4. The van der Waals surface area contributed by atoms with Crippen molar-refractivity contribution in [3.8, 4) is 0 Å². The summed E-state index contributed by atoms with van der Waals surface area (Å²) >= 11 is 7.08. The second-order valence-corrected chi connectivity index (χ2v) is 5.93. The molecule has 1 aromatic carbocycles. The van der Waals surface area contributed by atoms with Gasteiger partial charge in [0, 0.05) is 11.4 Å². The summed E-state index contributed by atoms with van der Waals surface area (Å²) in [6.07, 6.45) is 1.06. The first-order valence-electron chi connectivity index (χ1n) is 6.91. The molecule has 0 aliphatic heterocycles. The van der Waals surface area contributed by atoms with E-state index in [1.807, 2.05) is 6.92 Å². The molecule has 0 amide bonds. The first kappa shape index (κ1) is 15.0. The number of hydrogen-bond donors (Lipinski definition) is 2. The fourth-order valence-corrected chi connectivity index (χ4v) is 3.13. The molecule has 0 radical (unpaired) electrons. The quantitative estimate of drug-likeness (QED) is 0.820. The standard InChI is InChI=1S/C16H20N2S2/c1-3-12-7-9-13(10-8-12)15(14-6-5-11-20-14)18-16(19)17-4-2/h5-11,15H,3-4H2,1-2H3,(H2,17,18,19)/t15-/m1/s1. The van der Waals surface area contributed by atoms with Gasteiger partial charge >= 0.3 is 0 Å². The second kappa shape index (κ2) is 7.41. The van der Waals surface area contributed by atoms with Gasteiger partial charge in [-0.25, -0.2) is 0 Å². The van der Waals surface area contributed by atoms with Crippen LogP contribution in [0.2, 0.25) is 0 Å². The van der Waals surface area contributed by atoms with Gasteiger partial charge in [0.15, 0.2) is 5.11 Å². The lowest BCUT2D eigenvalue weighted by Gasteiger charge is -2.20. The average molecular weight is 304 g/mol. The van der Waals surface area contributed by atoms with Crippen molar-refractivity contribution in [2.75, 3.05) is 6.54 Å². The van der Waals surface area contributed by atoms with E-state index in [-0.39, 0.29) is 6.04 Å². The predicted octanol–water partition coefficient (Wildman–Crippen LogP) is 3.88. The van der Waals surface area contributed by atoms with Gasteiger partial charge in [0.1, 0.15) is 0 Å². The number of aryl methyl sites for hydroxylation is 1. The van der Waals surface area contributed by atoms with E-state index in [4.69, 9.17) is 12.2 Å². The van der Waals surface area contributed by atoms with Crippen LogP contribution in [-0.4, -0.2) is 11.7 Å². The maximum atomic E-state index is 5.33. The van der Waals surface area contributed by atoms with Crippen molar-refractivity contribution in [1.82, 2.24) is 10.6 Å². The number of thiophene rings is 1. The van der Waals surface area contributed by atoms with Gasteiger partial charge in [-0.3, -0.25) is 0 Å². The third-order valence-corrected chi connectivity index (χ3v) is 4.36. The van der Waals surface area contributed by atoms with E-state index in [1.54, 1.807) is 11.3 Å². The van der Waals surface area contributed by atoms with Gasteiger partial charge in [0.25, 0.3) is 0 Å². The fraction of sp³-hybridized carbons (Fsp3) is 0.312. The van der Waals surface area contributed by atoms with E-state index in [9.17, 15) is 0 Å². The molecule has 0 aliphatic carbocycles. The van der Waals surface area contributed by atoms with Crippen LogP contribution in [-0.2, 0) is 6.42 Å². The van der Waals surface area contributed by atoms with E-state index in [2.05, 4.69) is 59.3 Å². The third kappa shape index (κ3) is 3.81. The molecule has 1 atom stereocenters. The highest BCUT2D eigenvalue weighted by atomic mass is 32.1. The number of hydrogen-bond acceptors (Lipinski definition) is 2. The van der Waals surface area contributed by atoms with Crippen molar-refractivity contribution in [3.05, 3.63) is 57.8 Å². The summed E-state index contributed by atoms with van der Waals surface area (Å²) in [5.41, 5.74) is 2.60. The van der Waals surface area contributed by atoms with Gasteiger partial charge in [-0.15, -0.1) is 11.3 Å². The maximum Gasteiger partial charge on any atom is 0.167 e. The molecular weight excluding hydrogens is 284 g/mol. The van der Waals surface area contributed by atoms with Crippen LogP contribution < -0.4 is 10.6 Å². The van der Waals surface area contributed by atoms with Gasteiger partial charge in [0.05, 0.1) is 6.04 Å². The van der Waals surface area contributed by atoms with Crippen LogP contribution in [0.25, 0.3) is 0 Å². The molecule has 0 bridgehead atoms. The van der Waals surface area contributed by atoms with Crippen LogP contribution in [0.15, 0.2) is 41.8 Å². The van der Waals surface area contributed by atoms with Crippen LogP contribution >= 0.6 is 23.6 Å². The van der Waals surface area contributed by atoms with Gasteiger partial charge in [-0.1, -0.05) is 37.3 Å². The number of benzene rings is 1. The molecule has 0 spiro atoms. The largest absolute Gasteiger partial charge is 0.363 e. The van der Waals surface area contributed by atoms with Crippen molar-refractivity contribution in [2.24, 2.45) is 0 Å². The SMILES string of the molecule is CCNC(=S)N[C@H](c1ccc(CC)cc1)c1cccs1. The normalized spacial score (nSPS) is 11.9. The molecule has 2 rings (SSSR count). The highest BCUT2D eigenvalue weighted by Gasteiger charge is 2.15. The molecular formula is C16H20N2S2. The minimum atomic E-state index is 0.118. The van der Waals surface area contributed by atoms with E-state index in [0.29, 0.717) is 5.11 Å². The third-order valence-electron chi connectivity index (χ3n) is 3.16. The zero-order valence-corrected chi connectivity index (χ0v) is 13.5. The Kier molecular flexibility index (Phi) is 5.56. The summed E-state index contributed by atoms with van der Waals surface area (Å²) in [7, 11) is 0. The van der Waals surface area contributed by atoms with Crippen LogP contribution in [0.4, 0.5) is 0 Å². The van der Waals surface area contributed by atoms with Crippen molar-refractivity contribution in [2.45, 2.75) is 26.3 Å². The zero-order valence-electron chi connectivity index (χ0n) is 11.8. The Morgan fingerprint density at radius 3 is 2.50 bits per heavy atom. The second-order valence-electron chi connectivity index (χ2n) is 4.55. The molecule has 2 N–H and O–H groups in total. The monoisotopic (exact) mass is 304 g/mol. The number of thiocarbonyl (C=S) groups is 1. The number of rotatable bonds is 5. The molecule has 2 aromatic rings. The minimum absolute atomic E-state index is 0.118. The highest BCUT2D eigenvalue weighted by Crippen LogP contribution is 2.26. The smallest absolute Gasteiger partial charge is 0.167 e. The van der Waals surface area contributed by atoms with Crippen LogP contribution in [0.5, 0.6) is 0 Å². The molecule has 1 heterocycles. The Labute approximate surface area is 130 Å². The average Bonchev–Trinajstić information content (AvgIpc) is 2.99. The minimum Gasteiger partial charge on any atom is -0.363 e. The molecule has 0 unspecified atom stereocenters.